The van der Waals surface area contributed by atoms with E-state index in [0.717, 1.165) is 5.75 Å². The van der Waals surface area contributed by atoms with Gasteiger partial charge in [-0.3, -0.25) is 4.79 Å². The summed E-state index contributed by atoms with van der Waals surface area (Å²) in [6.07, 6.45) is 0.510. The number of aliphatic hydroxyl groups excluding tert-OH is 1. The van der Waals surface area contributed by atoms with E-state index in [9.17, 15) is 9.90 Å². The molecule has 4 heteroatoms. The molecule has 0 radical (unpaired) electrons. The summed E-state index contributed by atoms with van der Waals surface area (Å²) < 4.78 is 5.56. The molecule has 1 amide bonds. The van der Waals surface area contributed by atoms with Crippen LogP contribution in [0.5, 0.6) is 5.75 Å². The molecule has 0 saturated heterocycles. The molecule has 0 spiro atoms. The van der Waals surface area contributed by atoms with Crippen LogP contribution in [-0.2, 0) is 4.79 Å². The third kappa shape index (κ3) is 7.14. The zero-order valence-electron chi connectivity index (χ0n) is 13.5. The molecule has 21 heavy (non-hydrogen) atoms. The zero-order valence-corrected chi connectivity index (χ0v) is 13.5. The van der Waals surface area contributed by atoms with Gasteiger partial charge in [0.25, 0.3) is 0 Å². The Morgan fingerprint density at radius 1 is 1.29 bits per heavy atom. The van der Waals surface area contributed by atoms with Crippen molar-refractivity contribution in [2.24, 2.45) is 5.92 Å². The smallest absolute Gasteiger partial charge is 0.223 e. The number of carbonyl (C=O) groups excluding carboxylic acids is 1. The first-order chi connectivity index (χ1) is 9.88. The fraction of sp³-hybridized carbons (Fsp3) is 0.588. The van der Waals surface area contributed by atoms with Gasteiger partial charge in [0.1, 0.15) is 5.75 Å². The largest absolute Gasteiger partial charge is 0.493 e. The Kier molecular flexibility index (Phi) is 7.23. The lowest BCUT2D eigenvalue weighted by Gasteiger charge is -2.14. The summed E-state index contributed by atoms with van der Waals surface area (Å²) in [6.45, 7) is 8.82. The van der Waals surface area contributed by atoms with Gasteiger partial charge in [-0.25, -0.2) is 0 Å². The molecule has 1 aromatic carbocycles. The van der Waals surface area contributed by atoms with Crippen LogP contribution in [0.4, 0.5) is 0 Å². The molecule has 0 aliphatic carbocycles. The van der Waals surface area contributed by atoms with Gasteiger partial charge >= 0.3 is 0 Å². The fourth-order valence-electron chi connectivity index (χ4n) is 2.01. The minimum absolute atomic E-state index is 0.0957. The second-order valence-corrected chi connectivity index (χ2v) is 5.93. The lowest BCUT2D eigenvalue weighted by Crippen LogP contribution is -2.33. The number of aryl methyl sites for hydroxylation is 2. The molecular weight excluding hydrogens is 266 g/mol. The molecule has 4 nitrogen and oxygen atoms in total. The van der Waals surface area contributed by atoms with Gasteiger partial charge < -0.3 is 15.2 Å². The van der Waals surface area contributed by atoms with E-state index in [2.05, 4.69) is 12.2 Å². The van der Waals surface area contributed by atoms with Gasteiger partial charge in [0.05, 0.1) is 19.1 Å². The van der Waals surface area contributed by atoms with Gasteiger partial charge in [-0.05, 0) is 49.4 Å². The van der Waals surface area contributed by atoms with E-state index in [1.807, 2.05) is 39.0 Å². The topological polar surface area (TPSA) is 58.6 Å². The average molecular weight is 293 g/mol. The minimum Gasteiger partial charge on any atom is -0.493 e. The number of benzene rings is 1. The Balaban J connectivity index is 2.22. The monoisotopic (exact) mass is 293 g/mol. The Bertz CT molecular complexity index is 457. The van der Waals surface area contributed by atoms with Crippen molar-refractivity contribution in [2.75, 3.05) is 13.2 Å². The first-order valence-corrected chi connectivity index (χ1v) is 7.53. The molecule has 0 fully saturated rings. The predicted molar refractivity (Wildman–Crippen MR) is 84.5 cm³/mol. The van der Waals surface area contributed by atoms with Crippen molar-refractivity contribution in [3.05, 3.63) is 29.3 Å². The van der Waals surface area contributed by atoms with Crippen LogP contribution in [-0.4, -0.2) is 30.3 Å². The van der Waals surface area contributed by atoms with E-state index in [1.165, 1.54) is 11.1 Å². The van der Waals surface area contributed by atoms with Gasteiger partial charge in [0.15, 0.2) is 0 Å². The van der Waals surface area contributed by atoms with Crippen LogP contribution in [0, 0.1) is 19.8 Å². The highest BCUT2D eigenvalue weighted by Crippen LogP contribution is 2.16. The second-order valence-electron chi connectivity index (χ2n) is 5.93. The number of amides is 1. The molecule has 1 unspecified atom stereocenters. The summed E-state index contributed by atoms with van der Waals surface area (Å²) in [5.74, 6) is 1.11. The number of carbonyl (C=O) groups is 1. The van der Waals surface area contributed by atoms with Crippen LogP contribution >= 0.6 is 0 Å². The van der Waals surface area contributed by atoms with E-state index >= 15 is 0 Å². The number of ether oxygens (including phenoxy) is 1. The lowest BCUT2D eigenvalue weighted by atomic mass is 10.1. The number of hydrogen-bond donors (Lipinski definition) is 2. The number of hydrogen-bond acceptors (Lipinski definition) is 3. The van der Waals surface area contributed by atoms with Crippen LogP contribution in [0.25, 0.3) is 0 Å². The van der Waals surface area contributed by atoms with Crippen molar-refractivity contribution >= 4 is 5.91 Å². The van der Waals surface area contributed by atoms with Gasteiger partial charge in [0.2, 0.25) is 5.91 Å². The molecule has 1 rings (SSSR count). The van der Waals surface area contributed by atoms with Crippen LogP contribution < -0.4 is 10.1 Å². The number of aliphatic hydroxyl groups is 1. The summed E-state index contributed by atoms with van der Waals surface area (Å²) in [7, 11) is 0. The first-order valence-electron chi connectivity index (χ1n) is 7.53. The SMILES string of the molecule is Cc1ccc(OCCC(=O)NCC(O)CC(C)C)cc1C. The van der Waals surface area contributed by atoms with Gasteiger partial charge in [-0.2, -0.15) is 0 Å². The Hall–Kier alpha value is -1.55. The maximum atomic E-state index is 11.6. The third-order valence-electron chi connectivity index (χ3n) is 3.35. The highest BCUT2D eigenvalue weighted by Gasteiger charge is 2.09. The highest BCUT2D eigenvalue weighted by atomic mass is 16.5. The summed E-state index contributed by atoms with van der Waals surface area (Å²) in [5.41, 5.74) is 2.40. The number of rotatable bonds is 8. The number of nitrogens with one attached hydrogen (secondary N) is 1. The molecule has 2 N–H and O–H groups in total. The molecule has 0 aromatic heterocycles. The van der Waals surface area contributed by atoms with Crippen molar-refractivity contribution in [3.8, 4) is 5.75 Å². The van der Waals surface area contributed by atoms with Crippen molar-refractivity contribution in [1.29, 1.82) is 0 Å². The van der Waals surface area contributed by atoms with Crippen molar-refractivity contribution in [1.82, 2.24) is 5.32 Å². The average Bonchev–Trinajstić information content (AvgIpc) is 2.40. The maximum Gasteiger partial charge on any atom is 0.223 e. The standard InChI is InChI=1S/C17H27NO3/c1-12(2)9-15(19)11-18-17(20)7-8-21-16-6-5-13(3)14(4)10-16/h5-6,10,12,15,19H,7-9,11H2,1-4H3,(H,18,20). The Labute approximate surface area is 127 Å². The summed E-state index contributed by atoms with van der Waals surface area (Å²) >= 11 is 0. The summed E-state index contributed by atoms with van der Waals surface area (Å²) in [4.78, 5) is 11.6. The first kappa shape index (κ1) is 17.5. The maximum absolute atomic E-state index is 11.6. The Morgan fingerprint density at radius 3 is 2.62 bits per heavy atom. The van der Waals surface area contributed by atoms with E-state index in [4.69, 9.17) is 4.74 Å². The molecule has 0 saturated carbocycles. The van der Waals surface area contributed by atoms with Crippen molar-refractivity contribution in [2.45, 2.75) is 46.6 Å². The van der Waals surface area contributed by atoms with Crippen LogP contribution in [0.2, 0.25) is 0 Å². The highest BCUT2D eigenvalue weighted by molar-refractivity contribution is 5.76. The van der Waals surface area contributed by atoms with E-state index < -0.39 is 6.10 Å². The summed E-state index contributed by atoms with van der Waals surface area (Å²) in [5, 5.41) is 12.4. The lowest BCUT2D eigenvalue weighted by molar-refractivity contribution is -0.122. The normalized spacial score (nSPS) is 12.3. The molecule has 1 aromatic rings. The van der Waals surface area contributed by atoms with Crippen molar-refractivity contribution < 1.29 is 14.6 Å². The molecule has 1 atom stereocenters. The molecule has 0 bridgehead atoms. The molecule has 0 aliphatic heterocycles. The van der Waals surface area contributed by atoms with Crippen LogP contribution in [0.15, 0.2) is 18.2 Å². The van der Waals surface area contributed by atoms with Gasteiger partial charge in [-0.1, -0.05) is 19.9 Å². The Morgan fingerprint density at radius 2 is 2.00 bits per heavy atom. The van der Waals surface area contributed by atoms with Crippen LogP contribution in [0.3, 0.4) is 0 Å². The quantitative estimate of drug-likeness (QED) is 0.774. The third-order valence-corrected chi connectivity index (χ3v) is 3.35. The van der Waals surface area contributed by atoms with Crippen molar-refractivity contribution in [3.63, 3.8) is 0 Å². The molecule has 118 valence electrons. The van der Waals surface area contributed by atoms with Gasteiger partial charge in [0, 0.05) is 6.54 Å². The van der Waals surface area contributed by atoms with E-state index in [-0.39, 0.29) is 5.91 Å². The van der Waals surface area contributed by atoms with E-state index in [1.54, 1.807) is 0 Å². The minimum atomic E-state index is -0.477. The molecular formula is C17H27NO3. The summed E-state index contributed by atoms with van der Waals surface area (Å²) in [6, 6.07) is 5.89. The zero-order chi connectivity index (χ0) is 15.8. The van der Waals surface area contributed by atoms with Gasteiger partial charge in [-0.15, -0.1) is 0 Å². The predicted octanol–water partition coefficient (Wildman–Crippen LogP) is 2.60. The second kappa shape index (κ2) is 8.67. The fourth-order valence-corrected chi connectivity index (χ4v) is 2.01. The van der Waals surface area contributed by atoms with E-state index in [0.29, 0.717) is 31.9 Å². The molecule has 0 aliphatic rings. The molecule has 0 heterocycles. The van der Waals surface area contributed by atoms with Crippen LogP contribution in [0.1, 0.15) is 37.8 Å².